The molecule has 1 aromatic carbocycles. The monoisotopic (exact) mass is 240 g/mol. The van der Waals surface area contributed by atoms with E-state index >= 15 is 0 Å². The Hall–Kier alpha value is -1.83. The molecule has 0 N–H and O–H groups in total. The largest absolute Gasteiger partial charge is 0.456 e. The first-order valence-corrected chi connectivity index (χ1v) is 6.29. The van der Waals surface area contributed by atoms with E-state index in [4.69, 9.17) is 4.42 Å². The molecule has 92 valence electrons. The lowest BCUT2D eigenvalue weighted by atomic mass is 9.88. The zero-order valence-electron chi connectivity index (χ0n) is 11.3. The van der Waals surface area contributed by atoms with Gasteiger partial charge < -0.3 is 4.42 Å². The third kappa shape index (κ3) is 1.52. The minimum absolute atomic E-state index is 0.0842. The molecule has 0 aliphatic heterocycles. The Morgan fingerprint density at radius 3 is 2.44 bits per heavy atom. The fraction of sp³-hybridized carbons (Fsp3) is 0.312. The van der Waals surface area contributed by atoms with E-state index in [2.05, 4.69) is 50.7 Å². The second kappa shape index (κ2) is 3.58. The molecule has 0 saturated heterocycles. The summed E-state index contributed by atoms with van der Waals surface area (Å²) in [5.74, 6) is 0. The molecule has 3 aromatic rings. The lowest BCUT2D eigenvalue weighted by molar-refractivity contribution is -0.680. The number of aryl methyl sites for hydroxylation is 1. The maximum atomic E-state index is 5.93. The first-order chi connectivity index (χ1) is 8.48. The SMILES string of the molecule is C[n+]1ccc2oc3ccccc3c2c1C(C)(C)C. The average Bonchev–Trinajstić information content (AvgIpc) is 2.66. The Bertz CT molecular complexity index is 732. The molecule has 0 atom stereocenters. The van der Waals surface area contributed by atoms with Crippen molar-refractivity contribution in [1.29, 1.82) is 0 Å². The van der Waals surface area contributed by atoms with Gasteiger partial charge in [0.05, 0.1) is 5.39 Å². The van der Waals surface area contributed by atoms with E-state index in [1.54, 1.807) is 0 Å². The summed E-state index contributed by atoms with van der Waals surface area (Å²) in [6, 6.07) is 10.3. The lowest BCUT2D eigenvalue weighted by Gasteiger charge is -2.16. The fourth-order valence-corrected chi connectivity index (χ4v) is 2.76. The number of furan rings is 1. The van der Waals surface area contributed by atoms with Crippen molar-refractivity contribution >= 4 is 21.9 Å². The zero-order valence-corrected chi connectivity index (χ0v) is 11.3. The van der Waals surface area contributed by atoms with Crippen LogP contribution in [0.15, 0.2) is 40.9 Å². The summed E-state index contributed by atoms with van der Waals surface area (Å²) < 4.78 is 8.13. The van der Waals surface area contributed by atoms with Crippen molar-refractivity contribution in [3.63, 3.8) is 0 Å². The first-order valence-electron chi connectivity index (χ1n) is 6.29. The first kappa shape index (κ1) is 11.3. The molecule has 2 heteroatoms. The smallest absolute Gasteiger partial charge is 0.198 e. The van der Waals surface area contributed by atoms with E-state index in [9.17, 15) is 0 Å². The highest BCUT2D eigenvalue weighted by Gasteiger charge is 2.29. The summed E-state index contributed by atoms with van der Waals surface area (Å²) in [5, 5.41) is 2.44. The van der Waals surface area contributed by atoms with E-state index in [0.717, 1.165) is 11.2 Å². The highest BCUT2D eigenvalue weighted by molar-refractivity contribution is 6.05. The Labute approximate surface area is 107 Å². The van der Waals surface area contributed by atoms with Gasteiger partial charge in [-0.3, -0.25) is 0 Å². The number of nitrogens with zero attached hydrogens (tertiary/aromatic N) is 1. The second-order valence-corrected chi connectivity index (χ2v) is 5.86. The number of rotatable bonds is 0. The number of hydrogen-bond donors (Lipinski definition) is 0. The Balaban J connectivity index is 2.57. The number of aromatic nitrogens is 1. The van der Waals surface area contributed by atoms with Crippen LogP contribution >= 0.6 is 0 Å². The molecule has 0 aliphatic rings. The summed E-state index contributed by atoms with van der Waals surface area (Å²) in [6.07, 6.45) is 2.07. The van der Waals surface area contributed by atoms with Gasteiger partial charge in [0.15, 0.2) is 11.9 Å². The van der Waals surface area contributed by atoms with Crippen LogP contribution in [0, 0.1) is 0 Å². The van der Waals surface area contributed by atoms with E-state index in [-0.39, 0.29) is 5.41 Å². The number of benzene rings is 1. The molecule has 2 aromatic heterocycles. The van der Waals surface area contributed by atoms with Gasteiger partial charge in [-0.05, 0) is 6.07 Å². The molecule has 0 amide bonds. The van der Waals surface area contributed by atoms with Gasteiger partial charge in [0.1, 0.15) is 18.2 Å². The van der Waals surface area contributed by atoms with Gasteiger partial charge in [0.25, 0.3) is 0 Å². The zero-order chi connectivity index (χ0) is 12.9. The van der Waals surface area contributed by atoms with Crippen LogP contribution in [0.5, 0.6) is 0 Å². The number of pyridine rings is 1. The Morgan fingerprint density at radius 2 is 1.72 bits per heavy atom. The highest BCUT2D eigenvalue weighted by atomic mass is 16.3. The van der Waals surface area contributed by atoms with Gasteiger partial charge in [0, 0.05) is 16.9 Å². The standard InChI is InChI=1S/C16H18NO/c1-16(2,3)15-14-11-7-5-6-8-12(11)18-13(14)9-10-17(15)4/h5-10H,1-4H3/q+1. The van der Waals surface area contributed by atoms with Crippen LogP contribution in [0.2, 0.25) is 0 Å². The quantitative estimate of drug-likeness (QED) is 0.547. The van der Waals surface area contributed by atoms with Crippen LogP contribution in [0.4, 0.5) is 0 Å². The molecular formula is C16H18NO+. The number of hydrogen-bond acceptors (Lipinski definition) is 1. The van der Waals surface area contributed by atoms with Crippen molar-refractivity contribution in [2.24, 2.45) is 7.05 Å². The van der Waals surface area contributed by atoms with Crippen LogP contribution in [0.1, 0.15) is 26.5 Å². The summed E-state index contributed by atoms with van der Waals surface area (Å²) in [6.45, 7) is 6.72. The van der Waals surface area contributed by atoms with E-state index in [1.807, 2.05) is 18.2 Å². The van der Waals surface area contributed by atoms with Crippen molar-refractivity contribution in [3.05, 3.63) is 42.2 Å². The van der Waals surface area contributed by atoms with Crippen LogP contribution in [0.25, 0.3) is 21.9 Å². The van der Waals surface area contributed by atoms with Gasteiger partial charge >= 0.3 is 0 Å². The normalized spacial score (nSPS) is 12.4. The molecule has 0 aliphatic carbocycles. The maximum Gasteiger partial charge on any atom is 0.198 e. The summed E-state index contributed by atoms with van der Waals surface area (Å²) in [5.41, 5.74) is 3.33. The predicted octanol–water partition coefficient (Wildman–Crippen LogP) is 3.71. The molecule has 0 spiro atoms. The Morgan fingerprint density at radius 1 is 1.00 bits per heavy atom. The van der Waals surface area contributed by atoms with E-state index in [1.165, 1.54) is 16.5 Å². The van der Waals surface area contributed by atoms with E-state index < -0.39 is 0 Å². The number of fused-ring (bicyclic) bond motifs is 3. The molecule has 0 fully saturated rings. The molecule has 0 saturated carbocycles. The predicted molar refractivity (Wildman–Crippen MR) is 73.6 cm³/mol. The lowest BCUT2D eigenvalue weighted by Crippen LogP contribution is -2.39. The molecule has 0 radical (unpaired) electrons. The van der Waals surface area contributed by atoms with Crippen LogP contribution in [-0.2, 0) is 12.5 Å². The topological polar surface area (TPSA) is 17.0 Å². The molecule has 2 nitrogen and oxygen atoms in total. The molecule has 3 rings (SSSR count). The van der Waals surface area contributed by atoms with Gasteiger partial charge in [-0.2, -0.15) is 0 Å². The minimum Gasteiger partial charge on any atom is -0.456 e. The van der Waals surface area contributed by atoms with Crippen LogP contribution in [0.3, 0.4) is 0 Å². The van der Waals surface area contributed by atoms with Crippen molar-refractivity contribution < 1.29 is 8.98 Å². The van der Waals surface area contributed by atoms with Crippen LogP contribution < -0.4 is 4.57 Å². The maximum absolute atomic E-state index is 5.93. The molecular weight excluding hydrogens is 222 g/mol. The van der Waals surface area contributed by atoms with Gasteiger partial charge in [-0.25, -0.2) is 4.57 Å². The van der Waals surface area contributed by atoms with Crippen molar-refractivity contribution in [3.8, 4) is 0 Å². The molecule has 18 heavy (non-hydrogen) atoms. The summed E-state index contributed by atoms with van der Waals surface area (Å²) in [4.78, 5) is 0. The van der Waals surface area contributed by atoms with Crippen LogP contribution in [-0.4, -0.2) is 0 Å². The third-order valence-corrected chi connectivity index (χ3v) is 3.37. The second-order valence-electron chi connectivity index (χ2n) is 5.86. The van der Waals surface area contributed by atoms with Gasteiger partial charge in [0.2, 0.25) is 0 Å². The molecule has 2 heterocycles. The molecule has 0 unspecified atom stereocenters. The summed E-state index contributed by atoms with van der Waals surface area (Å²) in [7, 11) is 2.10. The fourth-order valence-electron chi connectivity index (χ4n) is 2.76. The van der Waals surface area contributed by atoms with E-state index in [0.29, 0.717) is 0 Å². The third-order valence-electron chi connectivity index (χ3n) is 3.37. The van der Waals surface area contributed by atoms with Crippen molar-refractivity contribution in [2.45, 2.75) is 26.2 Å². The average molecular weight is 240 g/mol. The molecule has 0 bridgehead atoms. The summed E-state index contributed by atoms with van der Waals surface area (Å²) >= 11 is 0. The van der Waals surface area contributed by atoms with Gasteiger partial charge in [-0.1, -0.05) is 39.0 Å². The van der Waals surface area contributed by atoms with Crippen molar-refractivity contribution in [2.75, 3.05) is 0 Å². The minimum atomic E-state index is 0.0842. The number of para-hydroxylation sites is 1. The highest BCUT2D eigenvalue weighted by Crippen LogP contribution is 2.34. The van der Waals surface area contributed by atoms with Gasteiger partial charge in [-0.15, -0.1) is 0 Å². The Kier molecular flexibility index (Phi) is 2.24. The van der Waals surface area contributed by atoms with Crippen molar-refractivity contribution in [1.82, 2.24) is 0 Å².